The summed E-state index contributed by atoms with van der Waals surface area (Å²) < 4.78 is 7.49. The van der Waals surface area contributed by atoms with Gasteiger partial charge in [-0.05, 0) is 67.8 Å². The molecule has 2 aromatic rings. The maximum absolute atomic E-state index is 6.11. The van der Waals surface area contributed by atoms with Crippen LogP contribution in [0.25, 0.3) is 0 Å². The van der Waals surface area contributed by atoms with Crippen LogP contribution >= 0.6 is 55.1 Å². The van der Waals surface area contributed by atoms with Crippen molar-refractivity contribution in [2.45, 2.75) is 13.2 Å². The zero-order valence-electron chi connectivity index (χ0n) is 10.3. The fraction of sp³-hybridized carbons (Fsp3) is 0.143. The first-order chi connectivity index (χ1) is 9.51. The predicted molar refractivity (Wildman–Crippen MR) is 90.5 cm³/mol. The molecule has 0 atom stereocenters. The van der Waals surface area contributed by atoms with Crippen LogP contribution < -0.4 is 10.5 Å². The van der Waals surface area contributed by atoms with Crippen molar-refractivity contribution in [2.75, 3.05) is 0 Å². The molecule has 0 aliphatic carbocycles. The summed E-state index contributed by atoms with van der Waals surface area (Å²) in [6, 6.07) is 9.15. The Bertz CT molecular complexity index is 612. The van der Waals surface area contributed by atoms with Crippen LogP contribution in [0, 0.1) is 0 Å². The molecule has 0 aliphatic rings. The number of hydrogen-bond donors (Lipinski definition) is 1. The maximum atomic E-state index is 6.11. The first-order valence-corrected chi connectivity index (χ1v) is 8.10. The summed E-state index contributed by atoms with van der Waals surface area (Å²) in [4.78, 5) is 0. The van der Waals surface area contributed by atoms with Crippen molar-refractivity contribution in [3.8, 4) is 5.75 Å². The van der Waals surface area contributed by atoms with Crippen molar-refractivity contribution < 1.29 is 4.74 Å². The van der Waals surface area contributed by atoms with Crippen LogP contribution in [0.3, 0.4) is 0 Å². The number of rotatable bonds is 4. The highest BCUT2D eigenvalue weighted by Gasteiger charge is 2.10. The molecular weight excluding hydrogens is 429 g/mol. The van der Waals surface area contributed by atoms with E-state index in [0.717, 1.165) is 20.1 Å². The molecule has 2 rings (SSSR count). The van der Waals surface area contributed by atoms with Crippen molar-refractivity contribution in [2.24, 2.45) is 5.73 Å². The number of benzene rings is 2. The van der Waals surface area contributed by atoms with Gasteiger partial charge in [0.2, 0.25) is 0 Å². The third-order valence-electron chi connectivity index (χ3n) is 2.67. The topological polar surface area (TPSA) is 35.2 Å². The molecule has 0 heterocycles. The molecule has 0 saturated carbocycles. The molecule has 2 nitrogen and oxygen atoms in total. The molecule has 0 amide bonds. The van der Waals surface area contributed by atoms with Gasteiger partial charge in [-0.2, -0.15) is 0 Å². The largest absolute Gasteiger partial charge is 0.486 e. The van der Waals surface area contributed by atoms with Crippen molar-refractivity contribution in [1.82, 2.24) is 0 Å². The molecule has 6 heteroatoms. The SMILES string of the molecule is NCc1cc(Br)c(OCc2cc(Cl)ccc2Cl)c(Br)c1. The minimum Gasteiger partial charge on any atom is -0.486 e. The van der Waals surface area contributed by atoms with Gasteiger partial charge in [0.05, 0.1) is 8.95 Å². The highest BCUT2D eigenvalue weighted by Crippen LogP contribution is 2.35. The third kappa shape index (κ3) is 3.89. The Balaban J connectivity index is 2.21. The summed E-state index contributed by atoms with van der Waals surface area (Å²) in [7, 11) is 0. The number of halogens is 4. The van der Waals surface area contributed by atoms with Crippen LogP contribution in [0.5, 0.6) is 5.75 Å². The van der Waals surface area contributed by atoms with E-state index < -0.39 is 0 Å². The molecule has 2 N–H and O–H groups in total. The normalized spacial score (nSPS) is 10.7. The number of ether oxygens (including phenoxy) is 1. The molecule has 0 spiro atoms. The molecule has 0 unspecified atom stereocenters. The Morgan fingerprint density at radius 1 is 1.05 bits per heavy atom. The molecule has 0 aliphatic heterocycles. The summed E-state index contributed by atoms with van der Waals surface area (Å²) in [5.74, 6) is 0.707. The molecule has 0 bridgehead atoms. The van der Waals surface area contributed by atoms with Gasteiger partial charge in [-0.1, -0.05) is 23.2 Å². The predicted octanol–water partition coefficient (Wildman–Crippen LogP) is 5.56. The van der Waals surface area contributed by atoms with Crippen molar-refractivity contribution in [3.05, 3.63) is 60.4 Å². The average molecular weight is 440 g/mol. The van der Waals surface area contributed by atoms with Crippen LogP contribution in [-0.4, -0.2) is 0 Å². The zero-order chi connectivity index (χ0) is 14.7. The van der Waals surface area contributed by atoms with Crippen molar-refractivity contribution in [1.29, 1.82) is 0 Å². The third-order valence-corrected chi connectivity index (χ3v) is 4.46. The second-order valence-electron chi connectivity index (χ2n) is 4.12. The number of nitrogens with two attached hydrogens (primary N) is 1. The fourth-order valence-electron chi connectivity index (χ4n) is 1.67. The summed E-state index contributed by atoms with van der Waals surface area (Å²) >= 11 is 19.0. The van der Waals surface area contributed by atoms with Crippen molar-refractivity contribution in [3.63, 3.8) is 0 Å². The summed E-state index contributed by atoms with van der Waals surface area (Å²) in [5.41, 5.74) is 7.47. The Morgan fingerprint density at radius 2 is 1.70 bits per heavy atom. The Hall–Kier alpha value is -0.260. The lowest BCUT2D eigenvalue weighted by molar-refractivity contribution is 0.302. The van der Waals surface area contributed by atoms with E-state index >= 15 is 0 Å². The van der Waals surface area contributed by atoms with Gasteiger partial charge in [-0.3, -0.25) is 0 Å². The average Bonchev–Trinajstić information content (AvgIpc) is 2.41. The lowest BCUT2D eigenvalue weighted by Crippen LogP contribution is -2.00. The number of hydrogen-bond acceptors (Lipinski definition) is 2. The second-order valence-corrected chi connectivity index (χ2v) is 6.67. The molecule has 0 radical (unpaired) electrons. The van der Waals surface area contributed by atoms with Crippen molar-refractivity contribution >= 4 is 55.1 Å². The molecule has 0 aromatic heterocycles. The fourth-order valence-corrected chi connectivity index (χ4v) is 3.55. The smallest absolute Gasteiger partial charge is 0.148 e. The van der Waals surface area contributed by atoms with Crippen LogP contribution in [0.4, 0.5) is 0 Å². The first kappa shape index (κ1) is 16.1. The van der Waals surface area contributed by atoms with E-state index in [1.165, 1.54) is 0 Å². The molecule has 0 saturated heterocycles. The van der Waals surface area contributed by atoms with Gasteiger partial charge in [0.1, 0.15) is 12.4 Å². The standard InChI is InChI=1S/C14H11Br2Cl2NO/c15-11-3-8(6-19)4-12(16)14(11)20-7-9-5-10(17)1-2-13(9)18/h1-5H,6-7,19H2. The Morgan fingerprint density at radius 3 is 2.30 bits per heavy atom. The molecule has 2 aromatic carbocycles. The Labute approximate surface area is 144 Å². The van der Waals surface area contributed by atoms with Gasteiger partial charge >= 0.3 is 0 Å². The molecular formula is C14H11Br2Cl2NO. The molecule has 20 heavy (non-hydrogen) atoms. The van der Waals surface area contributed by atoms with E-state index in [-0.39, 0.29) is 0 Å². The van der Waals surface area contributed by atoms with Gasteiger partial charge < -0.3 is 10.5 Å². The quantitative estimate of drug-likeness (QED) is 0.677. The van der Waals surface area contributed by atoms with Gasteiger partial charge in [0.15, 0.2) is 0 Å². The zero-order valence-corrected chi connectivity index (χ0v) is 15.0. The summed E-state index contributed by atoms with van der Waals surface area (Å²) in [6.07, 6.45) is 0. The first-order valence-electron chi connectivity index (χ1n) is 5.76. The summed E-state index contributed by atoms with van der Waals surface area (Å²) in [5, 5.41) is 1.25. The maximum Gasteiger partial charge on any atom is 0.148 e. The van der Waals surface area contributed by atoms with E-state index in [4.69, 9.17) is 33.7 Å². The van der Waals surface area contributed by atoms with Gasteiger partial charge in [0.25, 0.3) is 0 Å². The van der Waals surface area contributed by atoms with Crippen LogP contribution in [-0.2, 0) is 13.2 Å². The monoisotopic (exact) mass is 437 g/mol. The van der Waals surface area contributed by atoms with Crippen LogP contribution in [0.1, 0.15) is 11.1 Å². The van der Waals surface area contributed by atoms with Gasteiger partial charge in [0, 0.05) is 22.2 Å². The Kier molecular flexibility index (Phi) is 5.75. The highest BCUT2D eigenvalue weighted by atomic mass is 79.9. The van der Waals surface area contributed by atoms with E-state index in [1.807, 2.05) is 12.1 Å². The summed E-state index contributed by atoms with van der Waals surface area (Å²) in [6.45, 7) is 0.802. The van der Waals surface area contributed by atoms with Gasteiger partial charge in [-0.25, -0.2) is 0 Å². The van der Waals surface area contributed by atoms with E-state index in [1.54, 1.807) is 18.2 Å². The lowest BCUT2D eigenvalue weighted by Gasteiger charge is -2.13. The van der Waals surface area contributed by atoms with Crippen LogP contribution in [0.15, 0.2) is 39.3 Å². The minimum atomic E-state index is 0.332. The lowest BCUT2D eigenvalue weighted by atomic mass is 10.2. The minimum absolute atomic E-state index is 0.332. The van der Waals surface area contributed by atoms with Crippen LogP contribution in [0.2, 0.25) is 10.0 Å². The molecule has 0 fully saturated rings. The molecule has 106 valence electrons. The highest BCUT2D eigenvalue weighted by molar-refractivity contribution is 9.11. The van der Waals surface area contributed by atoms with Gasteiger partial charge in [-0.15, -0.1) is 0 Å². The second kappa shape index (κ2) is 7.14. The van der Waals surface area contributed by atoms with E-state index in [2.05, 4.69) is 31.9 Å². The van der Waals surface area contributed by atoms with E-state index in [0.29, 0.717) is 28.9 Å². The van der Waals surface area contributed by atoms with E-state index in [9.17, 15) is 0 Å².